The minimum atomic E-state index is 0. The minimum absolute atomic E-state index is 0. The van der Waals surface area contributed by atoms with Crippen LogP contribution >= 0.6 is 0 Å². The zero-order chi connectivity index (χ0) is 7.94. The monoisotopic (exact) mass is 172 g/mol. The molecule has 74 valence electrons. The van der Waals surface area contributed by atoms with Gasteiger partial charge >= 0.3 is 0 Å². The van der Waals surface area contributed by atoms with E-state index in [-0.39, 0.29) is 6.15 Å². The van der Waals surface area contributed by atoms with Gasteiger partial charge in [-0.3, -0.25) is 0 Å². The topological polar surface area (TPSA) is 61.0 Å². The Labute approximate surface area is 76.5 Å². The lowest BCUT2D eigenvalue weighted by molar-refractivity contribution is 0.330. The van der Waals surface area contributed by atoms with E-state index in [1.807, 2.05) is 0 Å². The van der Waals surface area contributed by atoms with Gasteiger partial charge in [0.1, 0.15) is 0 Å². The highest BCUT2D eigenvalue weighted by Crippen LogP contribution is 2.27. The molecule has 0 unspecified atom stereocenters. The molecule has 2 nitrogen and oxygen atoms in total. The van der Waals surface area contributed by atoms with Crippen LogP contribution in [0.25, 0.3) is 0 Å². The van der Waals surface area contributed by atoms with Crippen molar-refractivity contribution in [3.05, 3.63) is 0 Å². The molecular weight excluding hydrogens is 148 g/mol. The first-order valence-corrected chi connectivity index (χ1v) is 5.13. The summed E-state index contributed by atoms with van der Waals surface area (Å²) in [6.07, 6.45) is 11.5. The van der Waals surface area contributed by atoms with E-state index in [2.05, 4.69) is 0 Å². The second-order valence-corrected chi connectivity index (χ2v) is 3.79. The Hall–Kier alpha value is -0.0800. The summed E-state index contributed by atoms with van der Waals surface area (Å²) in [5.41, 5.74) is 5.44. The molecule has 1 fully saturated rings. The average Bonchev–Trinajstić information content (AvgIpc) is 2.07. The fourth-order valence-corrected chi connectivity index (χ4v) is 2.05. The summed E-state index contributed by atoms with van der Waals surface area (Å²) in [5, 5.41) is 0. The van der Waals surface area contributed by atoms with Gasteiger partial charge in [-0.05, 0) is 18.9 Å². The Morgan fingerprint density at radius 2 is 1.67 bits per heavy atom. The van der Waals surface area contributed by atoms with Crippen LogP contribution in [0.2, 0.25) is 0 Å². The molecule has 0 heterocycles. The first-order chi connectivity index (χ1) is 5.43. The molecule has 12 heavy (non-hydrogen) atoms. The minimum Gasteiger partial charge on any atom is -0.344 e. The number of unbranched alkanes of at least 4 members (excludes halogenated alkanes) is 1. The maximum absolute atomic E-state index is 5.44. The average molecular weight is 172 g/mol. The van der Waals surface area contributed by atoms with Gasteiger partial charge in [-0.1, -0.05) is 44.9 Å². The van der Waals surface area contributed by atoms with Crippen molar-refractivity contribution < 1.29 is 0 Å². The van der Waals surface area contributed by atoms with Crippen molar-refractivity contribution in [3.63, 3.8) is 0 Å². The summed E-state index contributed by atoms with van der Waals surface area (Å²) in [6.45, 7) is 0.882. The summed E-state index contributed by atoms with van der Waals surface area (Å²) < 4.78 is 0. The largest absolute Gasteiger partial charge is 0.344 e. The van der Waals surface area contributed by atoms with Crippen LogP contribution in [0.1, 0.15) is 51.4 Å². The standard InChI is InChI=1S/C10H21N.H3N/c11-9-5-4-8-10-6-2-1-3-7-10;/h10H,1-9,11H2;1H3. The normalized spacial score (nSPS) is 18.8. The van der Waals surface area contributed by atoms with Crippen LogP contribution in [0.3, 0.4) is 0 Å². The molecule has 1 aliphatic rings. The van der Waals surface area contributed by atoms with Crippen molar-refractivity contribution in [2.45, 2.75) is 51.4 Å². The van der Waals surface area contributed by atoms with Gasteiger partial charge in [0.15, 0.2) is 0 Å². The smallest absolute Gasteiger partial charge is 0.00773 e. The summed E-state index contributed by atoms with van der Waals surface area (Å²) in [6, 6.07) is 0. The maximum atomic E-state index is 5.44. The van der Waals surface area contributed by atoms with Crippen molar-refractivity contribution in [1.29, 1.82) is 0 Å². The molecule has 0 bridgehead atoms. The third-order valence-electron chi connectivity index (χ3n) is 2.79. The predicted molar refractivity (Wildman–Crippen MR) is 54.5 cm³/mol. The van der Waals surface area contributed by atoms with E-state index in [4.69, 9.17) is 5.73 Å². The fraction of sp³-hybridized carbons (Fsp3) is 1.00. The second kappa shape index (κ2) is 7.56. The van der Waals surface area contributed by atoms with Crippen LogP contribution in [-0.2, 0) is 0 Å². The molecule has 0 amide bonds. The van der Waals surface area contributed by atoms with Crippen molar-refractivity contribution in [1.82, 2.24) is 6.15 Å². The van der Waals surface area contributed by atoms with Gasteiger partial charge in [0.2, 0.25) is 0 Å². The molecule has 0 spiro atoms. The van der Waals surface area contributed by atoms with Crippen LogP contribution < -0.4 is 11.9 Å². The van der Waals surface area contributed by atoms with Crippen LogP contribution in [0, 0.1) is 5.92 Å². The zero-order valence-corrected chi connectivity index (χ0v) is 8.23. The van der Waals surface area contributed by atoms with E-state index < -0.39 is 0 Å². The quantitative estimate of drug-likeness (QED) is 0.640. The van der Waals surface area contributed by atoms with E-state index in [9.17, 15) is 0 Å². The van der Waals surface area contributed by atoms with Crippen LogP contribution in [0.4, 0.5) is 0 Å². The summed E-state index contributed by atoms with van der Waals surface area (Å²) in [7, 11) is 0. The lowest BCUT2D eigenvalue weighted by atomic mass is 9.86. The zero-order valence-electron chi connectivity index (χ0n) is 8.23. The Balaban J connectivity index is 0.00000121. The Bertz CT molecular complexity index is 87.8. The van der Waals surface area contributed by atoms with E-state index in [0.717, 1.165) is 12.5 Å². The van der Waals surface area contributed by atoms with Gasteiger partial charge in [0, 0.05) is 0 Å². The van der Waals surface area contributed by atoms with Gasteiger partial charge < -0.3 is 11.9 Å². The Kier molecular flexibility index (Phi) is 7.51. The summed E-state index contributed by atoms with van der Waals surface area (Å²) in [4.78, 5) is 0. The second-order valence-electron chi connectivity index (χ2n) is 3.79. The van der Waals surface area contributed by atoms with Crippen LogP contribution in [0.15, 0.2) is 0 Å². The first kappa shape index (κ1) is 11.9. The molecule has 0 atom stereocenters. The number of nitrogens with two attached hydrogens (primary N) is 1. The molecule has 0 aromatic heterocycles. The van der Waals surface area contributed by atoms with E-state index in [0.29, 0.717) is 0 Å². The molecule has 1 aliphatic carbocycles. The summed E-state index contributed by atoms with van der Waals surface area (Å²) >= 11 is 0. The molecule has 1 saturated carbocycles. The van der Waals surface area contributed by atoms with Crippen molar-refractivity contribution in [2.24, 2.45) is 11.7 Å². The van der Waals surface area contributed by atoms with Gasteiger partial charge in [0.05, 0.1) is 0 Å². The highest BCUT2D eigenvalue weighted by Gasteiger charge is 2.11. The van der Waals surface area contributed by atoms with Crippen LogP contribution in [0.5, 0.6) is 0 Å². The molecule has 0 saturated heterocycles. The molecule has 0 radical (unpaired) electrons. The van der Waals surface area contributed by atoms with E-state index in [1.165, 1.54) is 51.4 Å². The molecule has 0 aliphatic heterocycles. The van der Waals surface area contributed by atoms with Crippen molar-refractivity contribution >= 4 is 0 Å². The predicted octanol–water partition coefficient (Wildman–Crippen LogP) is 2.86. The van der Waals surface area contributed by atoms with Gasteiger partial charge in [0.25, 0.3) is 0 Å². The molecule has 5 N–H and O–H groups in total. The Morgan fingerprint density at radius 1 is 1.00 bits per heavy atom. The van der Waals surface area contributed by atoms with Crippen molar-refractivity contribution in [3.8, 4) is 0 Å². The SMILES string of the molecule is N.NCCCCC1CCCCC1. The number of rotatable bonds is 4. The molecular formula is C10H24N2. The molecule has 0 aromatic rings. The molecule has 0 aromatic carbocycles. The summed E-state index contributed by atoms with van der Waals surface area (Å²) in [5.74, 6) is 1.05. The maximum Gasteiger partial charge on any atom is -0.00773 e. The van der Waals surface area contributed by atoms with Gasteiger partial charge in [-0.2, -0.15) is 0 Å². The lowest BCUT2D eigenvalue weighted by Crippen LogP contribution is -2.07. The highest BCUT2D eigenvalue weighted by molar-refractivity contribution is 4.65. The molecule has 1 rings (SSSR count). The van der Waals surface area contributed by atoms with Gasteiger partial charge in [-0.25, -0.2) is 0 Å². The lowest BCUT2D eigenvalue weighted by Gasteiger charge is -2.20. The number of hydrogen-bond donors (Lipinski definition) is 2. The fourth-order valence-electron chi connectivity index (χ4n) is 2.05. The number of hydrogen-bond acceptors (Lipinski definition) is 2. The third-order valence-corrected chi connectivity index (χ3v) is 2.79. The van der Waals surface area contributed by atoms with E-state index in [1.54, 1.807) is 0 Å². The van der Waals surface area contributed by atoms with Crippen LogP contribution in [-0.4, -0.2) is 6.54 Å². The first-order valence-electron chi connectivity index (χ1n) is 5.13. The Morgan fingerprint density at radius 3 is 2.25 bits per heavy atom. The highest BCUT2D eigenvalue weighted by atomic mass is 14.5. The van der Waals surface area contributed by atoms with Gasteiger partial charge in [-0.15, -0.1) is 0 Å². The van der Waals surface area contributed by atoms with Crippen molar-refractivity contribution in [2.75, 3.05) is 6.54 Å². The van der Waals surface area contributed by atoms with E-state index >= 15 is 0 Å². The molecule has 2 heteroatoms. The third kappa shape index (κ3) is 4.73.